The summed E-state index contributed by atoms with van der Waals surface area (Å²) >= 11 is 0. The molecule has 1 aromatic rings. The number of nitrogens with one attached hydrogen (secondary N) is 1. The quantitative estimate of drug-likeness (QED) is 0.904. The van der Waals surface area contributed by atoms with Crippen LogP contribution in [0.3, 0.4) is 0 Å². The van der Waals surface area contributed by atoms with Crippen molar-refractivity contribution in [3.8, 4) is 5.75 Å². The van der Waals surface area contributed by atoms with E-state index in [-0.39, 0.29) is 29.9 Å². The van der Waals surface area contributed by atoms with E-state index in [1.165, 1.54) is 13.2 Å². The maximum atomic E-state index is 13.6. The van der Waals surface area contributed by atoms with E-state index in [4.69, 9.17) is 9.47 Å². The minimum Gasteiger partial charge on any atom is -0.494 e. The van der Waals surface area contributed by atoms with Gasteiger partial charge in [0.25, 0.3) is 0 Å². The number of ether oxygens (including phenoxy) is 2. The topological polar surface area (TPSA) is 47.6 Å². The molecule has 1 aromatic carbocycles. The van der Waals surface area contributed by atoms with Crippen molar-refractivity contribution in [3.05, 3.63) is 29.6 Å². The van der Waals surface area contributed by atoms with E-state index in [1.54, 1.807) is 19.1 Å². The smallest absolute Gasteiger partial charge is 0.246 e. The molecular formula is C15H22FNO3. The molecule has 0 saturated heterocycles. The number of halogens is 1. The highest BCUT2D eigenvalue weighted by molar-refractivity contribution is 5.77. The van der Waals surface area contributed by atoms with Gasteiger partial charge in [0.2, 0.25) is 5.91 Å². The van der Waals surface area contributed by atoms with Gasteiger partial charge in [-0.1, -0.05) is 6.07 Å². The van der Waals surface area contributed by atoms with Crippen LogP contribution in [0.15, 0.2) is 18.2 Å². The zero-order valence-electron chi connectivity index (χ0n) is 12.6. The molecule has 5 heteroatoms. The Labute approximate surface area is 119 Å². The highest BCUT2D eigenvalue weighted by Crippen LogP contribution is 2.21. The van der Waals surface area contributed by atoms with E-state index in [9.17, 15) is 9.18 Å². The maximum absolute atomic E-state index is 13.6. The molecule has 4 nitrogen and oxygen atoms in total. The molecule has 0 aliphatic carbocycles. The van der Waals surface area contributed by atoms with Crippen LogP contribution < -0.4 is 10.1 Å². The maximum Gasteiger partial charge on any atom is 0.246 e. The first-order valence-corrected chi connectivity index (χ1v) is 6.49. The number of rotatable bonds is 5. The molecule has 0 radical (unpaired) electrons. The Morgan fingerprint density at radius 1 is 1.40 bits per heavy atom. The van der Waals surface area contributed by atoms with Crippen LogP contribution in [-0.2, 0) is 9.53 Å². The molecule has 20 heavy (non-hydrogen) atoms. The molecule has 0 saturated carbocycles. The summed E-state index contributed by atoms with van der Waals surface area (Å²) in [6.07, 6.45) is 0. The molecule has 0 spiro atoms. The highest BCUT2D eigenvalue weighted by atomic mass is 19.1. The fourth-order valence-corrected chi connectivity index (χ4v) is 1.60. The van der Waals surface area contributed by atoms with Crippen LogP contribution in [0, 0.1) is 5.82 Å². The summed E-state index contributed by atoms with van der Waals surface area (Å²) in [5, 5.41) is 2.76. The molecule has 0 bridgehead atoms. The Morgan fingerprint density at radius 2 is 2.05 bits per heavy atom. The van der Waals surface area contributed by atoms with Gasteiger partial charge in [0.1, 0.15) is 6.61 Å². The highest BCUT2D eigenvalue weighted by Gasteiger charge is 2.15. The summed E-state index contributed by atoms with van der Waals surface area (Å²) < 4.78 is 23.8. The lowest BCUT2D eigenvalue weighted by Gasteiger charge is -2.20. The van der Waals surface area contributed by atoms with Crippen LogP contribution in [0.5, 0.6) is 5.75 Å². The van der Waals surface area contributed by atoms with E-state index in [1.807, 2.05) is 20.8 Å². The number of benzene rings is 1. The van der Waals surface area contributed by atoms with E-state index in [0.29, 0.717) is 5.56 Å². The van der Waals surface area contributed by atoms with Gasteiger partial charge in [-0.2, -0.15) is 0 Å². The Hall–Kier alpha value is -1.62. The van der Waals surface area contributed by atoms with E-state index < -0.39 is 5.82 Å². The van der Waals surface area contributed by atoms with Gasteiger partial charge in [0.15, 0.2) is 11.6 Å². The number of carbonyl (C=O) groups is 1. The molecule has 1 amide bonds. The Balaban J connectivity index is 2.60. The van der Waals surface area contributed by atoms with Gasteiger partial charge in [-0.3, -0.25) is 4.79 Å². The monoisotopic (exact) mass is 283 g/mol. The van der Waals surface area contributed by atoms with Crippen molar-refractivity contribution < 1.29 is 18.7 Å². The average molecular weight is 283 g/mol. The summed E-state index contributed by atoms with van der Waals surface area (Å²) in [5.74, 6) is -0.496. The molecule has 0 aromatic heterocycles. The largest absolute Gasteiger partial charge is 0.494 e. The van der Waals surface area contributed by atoms with E-state index in [2.05, 4.69) is 5.32 Å². The molecule has 1 rings (SSSR count). The van der Waals surface area contributed by atoms with Crippen molar-refractivity contribution in [1.29, 1.82) is 0 Å². The number of carbonyl (C=O) groups excluding carboxylic acids is 1. The molecule has 1 unspecified atom stereocenters. The third-order valence-electron chi connectivity index (χ3n) is 2.69. The first-order valence-electron chi connectivity index (χ1n) is 6.49. The van der Waals surface area contributed by atoms with Crippen molar-refractivity contribution >= 4 is 5.91 Å². The molecule has 1 atom stereocenters. The first-order chi connectivity index (χ1) is 9.23. The van der Waals surface area contributed by atoms with Gasteiger partial charge in [0, 0.05) is 0 Å². The molecule has 0 aliphatic rings. The van der Waals surface area contributed by atoms with Crippen molar-refractivity contribution in [1.82, 2.24) is 5.32 Å². The van der Waals surface area contributed by atoms with Crippen molar-refractivity contribution in [2.45, 2.75) is 39.3 Å². The Kier molecular flexibility index (Phi) is 5.51. The second kappa shape index (κ2) is 6.70. The van der Waals surface area contributed by atoms with Crippen molar-refractivity contribution in [2.24, 2.45) is 0 Å². The van der Waals surface area contributed by atoms with Crippen molar-refractivity contribution in [2.75, 3.05) is 13.7 Å². The summed E-state index contributed by atoms with van der Waals surface area (Å²) in [6.45, 7) is 7.40. The van der Waals surface area contributed by atoms with Gasteiger partial charge in [0.05, 0.1) is 18.8 Å². The van der Waals surface area contributed by atoms with Crippen LogP contribution in [0.2, 0.25) is 0 Å². The lowest BCUT2D eigenvalue weighted by Crippen LogP contribution is -2.33. The normalized spacial score (nSPS) is 12.9. The standard InChI is InChI=1S/C15H22FNO3/c1-10(17-14(18)9-20-15(2,3)4)11-6-7-13(19-5)12(16)8-11/h6-8,10H,9H2,1-5H3,(H,17,18). The number of methoxy groups -OCH3 is 1. The number of amides is 1. The van der Waals surface area contributed by atoms with Crippen LogP contribution >= 0.6 is 0 Å². The zero-order valence-corrected chi connectivity index (χ0v) is 12.6. The van der Waals surface area contributed by atoms with Crippen LogP contribution in [0.1, 0.15) is 39.3 Å². The second-order valence-corrected chi connectivity index (χ2v) is 5.58. The van der Waals surface area contributed by atoms with Gasteiger partial charge < -0.3 is 14.8 Å². The average Bonchev–Trinajstić information content (AvgIpc) is 2.35. The molecule has 0 fully saturated rings. The van der Waals surface area contributed by atoms with Gasteiger partial charge in [-0.25, -0.2) is 4.39 Å². The molecule has 112 valence electrons. The minimum atomic E-state index is -0.447. The van der Waals surface area contributed by atoms with E-state index >= 15 is 0 Å². The van der Waals surface area contributed by atoms with Gasteiger partial charge >= 0.3 is 0 Å². The first kappa shape index (κ1) is 16.4. The number of hydrogen-bond donors (Lipinski definition) is 1. The summed E-state index contributed by atoms with van der Waals surface area (Å²) in [4.78, 5) is 11.7. The molecule has 0 aliphatic heterocycles. The lowest BCUT2D eigenvalue weighted by molar-refractivity contribution is -0.131. The molecule has 0 heterocycles. The molecule has 1 N–H and O–H groups in total. The predicted molar refractivity (Wildman–Crippen MR) is 75.2 cm³/mol. The van der Waals surface area contributed by atoms with Crippen LogP contribution in [0.25, 0.3) is 0 Å². The van der Waals surface area contributed by atoms with Gasteiger partial charge in [-0.05, 0) is 45.4 Å². The van der Waals surface area contributed by atoms with Crippen LogP contribution in [0.4, 0.5) is 4.39 Å². The molecular weight excluding hydrogens is 261 g/mol. The third-order valence-corrected chi connectivity index (χ3v) is 2.69. The summed E-state index contributed by atoms with van der Waals surface area (Å²) in [5.41, 5.74) is 0.305. The number of hydrogen-bond acceptors (Lipinski definition) is 3. The second-order valence-electron chi connectivity index (χ2n) is 5.58. The third kappa shape index (κ3) is 5.17. The van der Waals surface area contributed by atoms with Crippen molar-refractivity contribution in [3.63, 3.8) is 0 Å². The van der Waals surface area contributed by atoms with Crippen LogP contribution in [-0.4, -0.2) is 25.2 Å². The Morgan fingerprint density at radius 3 is 2.55 bits per heavy atom. The SMILES string of the molecule is COc1ccc(C(C)NC(=O)COC(C)(C)C)cc1F. The summed E-state index contributed by atoms with van der Waals surface area (Å²) in [7, 11) is 1.41. The van der Waals surface area contributed by atoms with E-state index in [0.717, 1.165) is 0 Å². The predicted octanol–water partition coefficient (Wildman–Crippen LogP) is 2.83. The fraction of sp³-hybridized carbons (Fsp3) is 0.533. The minimum absolute atomic E-state index is 0.0214. The Bertz CT molecular complexity index is 469. The fourth-order valence-electron chi connectivity index (χ4n) is 1.60. The summed E-state index contributed by atoms with van der Waals surface area (Å²) in [6, 6.07) is 4.32. The lowest BCUT2D eigenvalue weighted by atomic mass is 10.1. The zero-order chi connectivity index (χ0) is 15.3. The van der Waals surface area contributed by atoms with Gasteiger partial charge in [-0.15, -0.1) is 0 Å².